The standard InChI is InChI=1S/C12H15NO2/c14-13(15)12-8-6-11(7-9-12)5-4-10-2-1-3-10/h6-10H,1-5H2. The third-order valence-corrected chi connectivity index (χ3v) is 3.21. The van der Waals surface area contributed by atoms with E-state index in [1.54, 1.807) is 12.1 Å². The van der Waals surface area contributed by atoms with Crippen molar-refractivity contribution in [2.75, 3.05) is 0 Å². The van der Waals surface area contributed by atoms with E-state index in [1.165, 1.54) is 31.2 Å². The third-order valence-electron chi connectivity index (χ3n) is 3.21. The van der Waals surface area contributed by atoms with Crippen LogP contribution in [0.25, 0.3) is 0 Å². The lowest BCUT2D eigenvalue weighted by Gasteiger charge is -2.25. The summed E-state index contributed by atoms with van der Waals surface area (Å²) >= 11 is 0. The highest BCUT2D eigenvalue weighted by molar-refractivity contribution is 5.32. The molecule has 0 saturated heterocycles. The number of aryl methyl sites for hydroxylation is 1. The molecule has 2 rings (SSSR count). The van der Waals surface area contributed by atoms with Crippen LogP contribution >= 0.6 is 0 Å². The quantitative estimate of drug-likeness (QED) is 0.559. The van der Waals surface area contributed by atoms with Gasteiger partial charge in [-0.2, -0.15) is 0 Å². The van der Waals surface area contributed by atoms with Gasteiger partial charge < -0.3 is 0 Å². The van der Waals surface area contributed by atoms with Crippen LogP contribution < -0.4 is 0 Å². The summed E-state index contributed by atoms with van der Waals surface area (Å²) in [5.41, 5.74) is 1.40. The molecular weight excluding hydrogens is 190 g/mol. The summed E-state index contributed by atoms with van der Waals surface area (Å²) < 4.78 is 0. The third kappa shape index (κ3) is 2.55. The molecule has 0 atom stereocenters. The largest absolute Gasteiger partial charge is 0.269 e. The Morgan fingerprint density at radius 3 is 2.40 bits per heavy atom. The summed E-state index contributed by atoms with van der Waals surface area (Å²) in [4.78, 5) is 10.1. The molecule has 0 radical (unpaired) electrons. The molecule has 0 spiro atoms. The van der Waals surface area contributed by atoms with E-state index in [2.05, 4.69) is 0 Å². The van der Waals surface area contributed by atoms with Crippen molar-refractivity contribution in [3.05, 3.63) is 39.9 Å². The number of benzene rings is 1. The van der Waals surface area contributed by atoms with Crippen molar-refractivity contribution in [1.29, 1.82) is 0 Å². The van der Waals surface area contributed by atoms with Gasteiger partial charge >= 0.3 is 0 Å². The fourth-order valence-electron chi connectivity index (χ4n) is 1.94. The van der Waals surface area contributed by atoms with Crippen molar-refractivity contribution < 1.29 is 4.92 Å². The molecule has 1 aliphatic carbocycles. The monoisotopic (exact) mass is 205 g/mol. The Kier molecular flexibility index (Phi) is 2.99. The Labute approximate surface area is 89.3 Å². The van der Waals surface area contributed by atoms with Gasteiger partial charge in [0.05, 0.1) is 4.92 Å². The molecule has 1 aromatic rings. The van der Waals surface area contributed by atoms with E-state index in [0.29, 0.717) is 0 Å². The first-order valence-corrected chi connectivity index (χ1v) is 5.49. The van der Waals surface area contributed by atoms with E-state index in [9.17, 15) is 10.1 Å². The van der Waals surface area contributed by atoms with Gasteiger partial charge in [-0.15, -0.1) is 0 Å². The number of rotatable bonds is 4. The molecule has 0 aliphatic heterocycles. The van der Waals surface area contributed by atoms with Gasteiger partial charge in [-0.05, 0) is 24.3 Å². The maximum absolute atomic E-state index is 10.4. The second kappa shape index (κ2) is 4.43. The zero-order valence-electron chi connectivity index (χ0n) is 8.69. The van der Waals surface area contributed by atoms with Crippen LogP contribution in [0.2, 0.25) is 0 Å². The second-order valence-electron chi connectivity index (χ2n) is 4.26. The Hall–Kier alpha value is -1.38. The summed E-state index contributed by atoms with van der Waals surface area (Å²) in [7, 11) is 0. The highest BCUT2D eigenvalue weighted by Crippen LogP contribution is 2.30. The normalized spacial score (nSPS) is 16.0. The number of nitro benzene ring substituents is 1. The van der Waals surface area contributed by atoms with Crippen molar-refractivity contribution in [1.82, 2.24) is 0 Å². The molecule has 0 N–H and O–H groups in total. The van der Waals surface area contributed by atoms with Crippen LogP contribution in [0.3, 0.4) is 0 Å². The molecular formula is C12H15NO2. The summed E-state index contributed by atoms with van der Waals surface area (Å²) in [5, 5.41) is 10.4. The van der Waals surface area contributed by atoms with E-state index in [-0.39, 0.29) is 10.6 Å². The number of hydrogen-bond donors (Lipinski definition) is 0. The van der Waals surface area contributed by atoms with Crippen LogP contribution in [0.1, 0.15) is 31.2 Å². The Balaban J connectivity index is 1.88. The fourth-order valence-corrected chi connectivity index (χ4v) is 1.94. The van der Waals surface area contributed by atoms with Gasteiger partial charge in [0.15, 0.2) is 0 Å². The van der Waals surface area contributed by atoms with Gasteiger partial charge in [0.2, 0.25) is 0 Å². The number of nitro groups is 1. The van der Waals surface area contributed by atoms with Crippen LogP contribution in [0.15, 0.2) is 24.3 Å². The molecule has 0 amide bonds. The first kappa shape index (κ1) is 10.1. The van der Waals surface area contributed by atoms with Gasteiger partial charge in [0.25, 0.3) is 5.69 Å². The molecule has 15 heavy (non-hydrogen) atoms. The Bertz CT molecular complexity index is 341. The molecule has 1 aromatic carbocycles. The first-order chi connectivity index (χ1) is 7.25. The van der Waals surface area contributed by atoms with Crippen molar-refractivity contribution in [2.24, 2.45) is 5.92 Å². The van der Waals surface area contributed by atoms with Crippen molar-refractivity contribution in [3.63, 3.8) is 0 Å². The van der Waals surface area contributed by atoms with Crippen LogP contribution in [0.5, 0.6) is 0 Å². The summed E-state index contributed by atoms with van der Waals surface area (Å²) in [6.07, 6.45) is 6.41. The molecule has 0 bridgehead atoms. The van der Waals surface area contributed by atoms with Crippen molar-refractivity contribution in [3.8, 4) is 0 Å². The second-order valence-corrected chi connectivity index (χ2v) is 4.26. The van der Waals surface area contributed by atoms with Gasteiger partial charge in [0.1, 0.15) is 0 Å². The van der Waals surface area contributed by atoms with Gasteiger partial charge in [-0.25, -0.2) is 0 Å². The van der Waals surface area contributed by atoms with Crippen molar-refractivity contribution >= 4 is 5.69 Å². The molecule has 1 aliphatic rings. The van der Waals surface area contributed by atoms with Gasteiger partial charge in [0, 0.05) is 12.1 Å². The van der Waals surface area contributed by atoms with E-state index in [1.807, 2.05) is 12.1 Å². The van der Waals surface area contributed by atoms with Gasteiger partial charge in [-0.3, -0.25) is 10.1 Å². The zero-order chi connectivity index (χ0) is 10.7. The molecule has 1 saturated carbocycles. The average Bonchev–Trinajstić information content (AvgIpc) is 2.16. The highest BCUT2D eigenvalue weighted by Gasteiger charge is 2.16. The summed E-state index contributed by atoms with van der Waals surface area (Å²) in [5.74, 6) is 0.903. The minimum Gasteiger partial charge on any atom is -0.258 e. The Morgan fingerprint density at radius 1 is 1.27 bits per heavy atom. The van der Waals surface area contributed by atoms with E-state index >= 15 is 0 Å². The average molecular weight is 205 g/mol. The fraction of sp³-hybridized carbons (Fsp3) is 0.500. The Morgan fingerprint density at radius 2 is 1.93 bits per heavy atom. The molecule has 0 unspecified atom stereocenters. The molecule has 0 heterocycles. The van der Waals surface area contributed by atoms with E-state index < -0.39 is 0 Å². The van der Waals surface area contributed by atoms with Crippen LogP contribution in [0, 0.1) is 16.0 Å². The van der Waals surface area contributed by atoms with Crippen LogP contribution in [0.4, 0.5) is 5.69 Å². The SMILES string of the molecule is O=[N+]([O-])c1ccc(CCC2CCC2)cc1. The smallest absolute Gasteiger partial charge is 0.258 e. The van der Waals surface area contributed by atoms with Gasteiger partial charge in [-0.1, -0.05) is 31.4 Å². The number of non-ortho nitro benzene ring substituents is 1. The maximum atomic E-state index is 10.4. The number of hydrogen-bond acceptors (Lipinski definition) is 2. The maximum Gasteiger partial charge on any atom is 0.269 e. The molecule has 3 nitrogen and oxygen atoms in total. The molecule has 1 fully saturated rings. The molecule has 3 heteroatoms. The first-order valence-electron chi connectivity index (χ1n) is 5.49. The minimum absolute atomic E-state index is 0.183. The predicted molar refractivity (Wildman–Crippen MR) is 58.8 cm³/mol. The van der Waals surface area contributed by atoms with E-state index in [0.717, 1.165) is 12.3 Å². The highest BCUT2D eigenvalue weighted by atomic mass is 16.6. The summed E-state index contributed by atoms with van der Waals surface area (Å²) in [6.45, 7) is 0. The van der Waals surface area contributed by atoms with E-state index in [4.69, 9.17) is 0 Å². The van der Waals surface area contributed by atoms with Crippen LogP contribution in [-0.2, 0) is 6.42 Å². The lowest BCUT2D eigenvalue weighted by Crippen LogP contribution is -2.11. The lowest BCUT2D eigenvalue weighted by atomic mass is 9.81. The van der Waals surface area contributed by atoms with Crippen molar-refractivity contribution in [2.45, 2.75) is 32.1 Å². The van der Waals surface area contributed by atoms with Crippen LogP contribution in [-0.4, -0.2) is 4.92 Å². The minimum atomic E-state index is -0.351. The topological polar surface area (TPSA) is 43.1 Å². The predicted octanol–water partition coefficient (Wildman–Crippen LogP) is 3.33. The molecule has 80 valence electrons. The molecule has 0 aromatic heterocycles. The summed E-state index contributed by atoms with van der Waals surface area (Å²) in [6, 6.07) is 6.93. The lowest BCUT2D eigenvalue weighted by molar-refractivity contribution is -0.384. The zero-order valence-corrected chi connectivity index (χ0v) is 8.69. The number of nitrogens with zero attached hydrogens (tertiary/aromatic N) is 1.